The summed E-state index contributed by atoms with van der Waals surface area (Å²) in [4.78, 5) is 23.9. The standard InChI is InChI=1S/C21H19FN2O3/c1-14-6-7-15(2)24(14)19-10-8-16(9-11-19)21(26)27-13-20(25)23-18-5-3-4-17(22)12-18/h3-12H,13H2,1-2H3,(H,23,25). The molecule has 0 aliphatic rings. The third-order valence-corrected chi connectivity index (χ3v) is 4.08. The molecule has 0 fully saturated rings. The van der Waals surface area contributed by atoms with E-state index >= 15 is 0 Å². The van der Waals surface area contributed by atoms with Gasteiger partial charge in [-0.1, -0.05) is 6.07 Å². The predicted octanol–water partition coefficient (Wildman–Crippen LogP) is 4.03. The molecule has 0 aliphatic carbocycles. The van der Waals surface area contributed by atoms with Gasteiger partial charge in [-0.3, -0.25) is 4.79 Å². The largest absolute Gasteiger partial charge is 0.452 e. The number of anilines is 1. The molecule has 0 bridgehead atoms. The third-order valence-electron chi connectivity index (χ3n) is 4.08. The summed E-state index contributed by atoms with van der Waals surface area (Å²) in [6.07, 6.45) is 0. The van der Waals surface area contributed by atoms with Gasteiger partial charge >= 0.3 is 5.97 Å². The van der Waals surface area contributed by atoms with Crippen molar-refractivity contribution in [1.82, 2.24) is 4.57 Å². The van der Waals surface area contributed by atoms with Crippen LogP contribution < -0.4 is 5.32 Å². The van der Waals surface area contributed by atoms with Gasteiger partial charge in [-0.25, -0.2) is 9.18 Å². The predicted molar refractivity (Wildman–Crippen MR) is 101 cm³/mol. The molecule has 138 valence electrons. The highest BCUT2D eigenvalue weighted by molar-refractivity contribution is 5.95. The minimum Gasteiger partial charge on any atom is -0.452 e. The number of nitrogens with one attached hydrogen (secondary N) is 1. The molecule has 0 atom stereocenters. The molecular weight excluding hydrogens is 347 g/mol. The maximum atomic E-state index is 13.1. The minimum absolute atomic E-state index is 0.304. The Labute approximate surface area is 156 Å². The number of hydrogen-bond donors (Lipinski definition) is 1. The molecule has 27 heavy (non-hydrogen) atoms. The Hall–Kier alpha value is -3.41. The van der Waals surface area contributed by atoms with E-state index in [2.05, 4.69) is 9.88 Å². The van der Waals surface area contributed by atoms with Gasteiger partial charge in [-0.05, 0) is 68.4 Å². The van der Waals surface area contributed by atoms with Crippen LogP contribution in [-0.4, -0.2) is 23.1 Å². The smallest absolute Gasteiger partial charge is 0.338 e. The number of aryl methyl sites for hydroxylation is 2. The van der Waals surface area contributed by atoms with Gasteiger partial charge in [0.25, 0.3) is 5.91 Å². The monoisotopic (exact) mass is 366 g/mol. The van der Waals surface area contributed by atoms with Crippen LogP contribution in [-0.2, 0) is 9.53 Å². The van der Waals surface area contributed by atoms with Crippen LogP contribution in [0.3, 0.4) is 0 Å². The lowest BCUT2D eigenvalue weighted by atomic mass is 10.2. The van der Waals surface area contributed by atoms with Gasteiger partial charge in [0, 0.05) is 22.8 Å². The maximum Gasteiger partial charge on any atom is 0.338 e. The Balaban J connectivity index is 1.59. The molecule has 1 aromatic heterocycles. The van der Waals surface area contributed by atoms with Crippen LogP contribution in [0, 0.1) is 19.7 Å². The van der Waals surface area contributed by atoms with E-state index in [1.54, 1.807) is 18.2 Å². The fraction of sp³-hybridized carbons (Fsp3) is 0.143. The summed E-state index contributed by atoms with van der Waals surface area (Å²) >= 11 is 0. The van der Waals surface area contributed by atoms with Crippen LogP contribution in [0.2, 0.25) is 0 Å². The van der Waals surface area contributed by atoms with E-state index in [9.17, 15) is 14.0 Å². The molecular formula is C21H19FN2O3. The van der Waals surface area contributed by atoms with Crippen LogP contribution >= 0.6 is 0 Å². The van der Waals surface area contributed by atoms with Crippen molar-refractivity contribution in [2.24, 2.45) is 0 Å². The highest BCUT2D eigenvalue weighted by Crippen LogP contribution is 2.17. The van der Waals surface area contributed by atoms with Gasteiger partial charge in [0.15, 0.2) is 6.61 Å². The summed E-state index contributed by atoms with van der Waals surface area (Å²) in [5.41, 5.74) is 3.78. The number of benzene rings is 2. The number of carbonyl (C=O) groups is 2. The molecule has 0 radical (unpaired) electrons. The van der Waals surface area contributed by atoms with Gasteiger partial charge in [-0.15, -0.1) is 0 Å². The average Bonchev–Trinajstić information content (AvgIpc) is 2.98. The Morgan fingerprint density at radius 2 is 1.67 bits per heavy atom. The van der Waals surface area contributed by atoms with Crippen molar-refractivity contribution in [3.63, 3.8) is 0 Å². The van der Waals surface area contributed by atoms with Crippen molar-refractivity contribution in [2.75, 3.05) is 11.9 Å². The zero-order valence-corrected chi connectivity index (χ0v) is 15.0. The van der Waals surface area contributed by atoms with Crippen molar-refractivity contribution in [3.8, 4) is 5.69 Å². The van der Waals surface area contributed by atoms with Crippen LogP contribution in [0.4, 0.5) is 10.1 Å². The summed E-state index contributed by atoms with van der Waals surface area (Å²) in [6.45, 7) is 3.56. The molecule has 0 saturated heterocycles. The van der Waals surface area contributed by atoms with Gasteiger partial charge < -0.3 is 14.6 Å². The number of esters is 1. The summed E-state index contributed by atoms with van der Waals surface area (Å²) < 4.78 is 20.2. The molecule has 5 nitrogen and oxygen atoms in total. The Bertz CT molecular complexity index is 958. The van der Waals surface area contributed by atoms with Crippen molar-refractivity contribution < 1.29 is 18.7 Å². The van der Waals surface area contributed by atoms with Crippen LogP contribution in [0.25, 0.3) is 5.69 Å². The molecule has 0 unspecified atom stereocenters. The lowest BCUT2D eigenvalue weighted by Gasteiger charge is -2.10. The average molecular weight is 366 g/mol. The second kappa shape index (κ2) is 7.86. The van der Waals surface area contributed by atoms with E-state index in [0.717, 1.165) is 17.1 Å². The van der Waals surface area contributed by atoms with Crippen molar-refractivity contribution in [1.29, 1.82) is 0 Å². The first-order valence-electron chi connectivity index (χ1n) is 8.42. The molecule has 1 N–H and O–H groups in total. The fourth-order valence-corrected chi connectivity index (χ4v) is 2.80. The summed E-state index contributed by atoms with van der Waals surface area (Å²) in [6, 6.07) is 16.5. The topological polar surface area (TPSA) is 60.3 Å². The normalized spacial score (nSPS) is 10.5. The molecule has 0 aliphatic heterocycles. The summed E-state index contributed by atoms with van der Waals surface area (Å²) in [5, 5.41) is 2.47. The number of halogens is 1. The van der Waals surface area contributed by atoms with Crippen LogP contribution in [0.15, 0.2) is 60.7 Å². The van der Waals surface area contributed by atoms with Crippen LogP contribution in [0.5, 0.6) is 0 Å². The first kappa shape index (κ1) is 18.4. The summed E-state index contributed by atoms with van der Waals surface area (Å²) in [7, 11) is 0. The van der Waals surface area contributed by atoms with Gasteiger partial charge in [0.05, 0.1) is 5.56 Å². The number of amides is 1. The number of hydrogen-bond acceptors (Lipinski definition) is 3. The van der Waals surface area contributed by atoms with Gasteiger partial charge in [0.2, 0.25) is 0 Å². The highest BCUT2D eigenvalue weighted by atomic mass is 19.1. The molecule has 6 heteroatoms. The first-order chi connectivity index (χ1) is 12.9. The molecule has 3 aromatic rings. The Morgan fingerprint density at radius 3 is 2.30 bits per heavy atom. The second-order valence-corrected chi connectivity index (χ2v) is 6.13. The van der Waals surface area contributed by atoms with Crippen molar-refractivity contribution in [3.05, 3.63) is 83.4 Å². The van der Waals surface area contributed by atoms with E-state index in [4.69, 9.17) is 4.74 Å². The maximum absolute atomic E-state index is 13.1. The minimum atomic E-state index is -0.600. The Morgan fingerprint density at radius 1 is 1.00 bits per heavy atom. The van der Waals surface area contributed by atoms with E-state index < -0.39 is 24.3 Å². The highest BCUT2D eigenvalue weighted by Gasteiger charge is 2.12. The molecule has 1 heterocycles. The SMILES string of the molecule is Cc1ccc(C)n1-c1ccc(C(=O)OCC(=O)Nc2cccc(F)c2)cc1. The van der Waals surface area contributed by atoms with E-state index in [1.165, 1.54) is 18.2 Å². The molecule has 3 rings (SSSR count). The number of nitrogens with zero attached hydrogens (tertiary/aromatic N) is 1. The van der Waals surface area contributed by atoms with E-state index in [1.807, 2.05) is 38.1 Å². The number of rotatable bonds is 5. The van der Waals surface area contributed by atoms with Gasteiger partial charge in [0.1, 0.15) is 5.82 Å². The van der Waals surface area contributed by atoms with Crippen LogP contribution in [0.1, 0.15) is 21.7 Å². The number of ether oxygens (including phenoxy) is 1. The Kier molecular flexibility index (Phi) is 5.35. The first-order valence-corrected chi connectivity index (χ1v) is 8.42. The van der Waals surface area contributed by atoms with E-state index in [0.29, 0.717) is 11.3 Å². The molecule has 1 amide bonds. The third kappa shape index (κ3) is 4.41. The second-order valence-electron chi connectivity index (χ2n) is 6.13. The zero-order chi connectivity index (χ0) is 19.4. The van der Waals surface area contributed by atoms with Crippen molar-refractivity contribution in [2.45, 2.75) is 13.8 Å². The fourth-order valence-electron chi connectivity index (χ4n) is 2.80. The van der Waals surface area contributed by atoms with E-state index in [-0.39, 0.29) is 0 Å². The zero-order valence-electron chi connectivity index (χ0n) is 15.0. The summed E-state index contributed by atoms with van der Waals surface area (Å²) in [5.74, 6) is -1.60. The lowest BCUT2D eigenvalue weighted by molar-refractivity contribution is -0.119. The lowest BCUT2D eigenvalue weighted by Crippen LogP contribution is -2.21. The number of carbonyl (C=O) groups excluding carboxylic acids is 2. The molecule has 2 aromatic carbocycles. The quantitative estimate of drug-likeness (QED) is 0.694. The number of aromatic nitrogens is 1. The molecule has 0 saturated carbocycles. The van der Waals surface area contributed by atoms with Gasteiger partial charge in [-0.2, -0.15) is 0 Å². The van der Waals surface area contributed by atoms with Crippen molar-refractivity contribution >= 4 is 17.6 Å². The molecule has 0 spiro atoms.